The molecule has 0 aliphatic rings. The second-order valence-electron chi connectivity index (χ2n) is 2.63. The smallest absolute Gasteiger partial charge is 0.218 e. The van der Waals surface area contributed by atoms with Gasteiger partial charge in [-0.05, 0) is 11.6 Å². The molecule has 0 aliphatic carbocycles. The van der Waals surface area contributed by atoms with Gasteiger partial charge >= 0.3 is 0 Å². The highest BCUT2D eigenvalue weighted by Gasteiger charge is 1.95. The number of nitrogens with zero attached hydrogens (tertiary/aromatic N) is 1. The van der Waals surface area contributed by atoms with E-state index in [0.717, 1.165) is 11.5 Å². The Morgan fingerprint density at radius 2 is 2.46 bits per heavy atom. The minimum atomic E-state index is -0.237. The first kappa shape index (κ1) is 10.1. The molecule has 0 aromatic carbocycles. The minimum Gasteiger partial charge on any atom is -0.370 e. The highest BCUT2D eigenvalue weighted by molar-refractivity contribution is 7.98. The predicted octanol–water partition coefficient (Wildman–Crippen LogP) is 1.19. The van der Waals surface area contributed by atoms with E-state index in [9.17, 15) is 4.79 Å². The van der Waals surface area contributed by atoms with E-state index < -0.39 is 0 Å². The Hall–Kier alpha value is -1.03. The molecule has 3 nitrogen and oxygen atoms in total. The van der Waals surface area contributed by atoms with Crippen LogP contribution >= 0.6 is 11.8 Å². The van der Waals surface area contributed by atoms with E-state index in [1.165, 1.54) is 5.56 Å². The van der Waals surface area contributed by atoms with Crippen molar-refractivity contribution in [2.45, 2.75) is 12.2 Å². The summed E-state index contributed by atoms with van der Waals surface area (Å²) >= 11 is 1.69. The van der Waals surface area contributed by atoms with Gasteiger partial charge in [0.2, 0.25) is 5.91 Å². The number of primary amides is 1. The number of hydrogen-bond acceptors (Lipinski definition) is 3. The van der Waals surface area contributed by atoms with Crippen LogP contribution < -0.4 is 5.73 Å². The van der Waals surface area contributed by atoms with Crippen LogP contribution in [0, 0.1) is 0 Å². The summed E-state index contributed by atoms with van der Waals surface area (Å²) in [6, 6.07) is 3.92. The largest absolute Gasteiger partial charge is 0.370 e. The summed E-state index contributed by atoms with van der Waals surface area (Å²) in [6.45, 7) is 0. The van der Waals surface area contributed by atoms with Crippen LogP contribution in [0.15, 0.2) is 24.5 Å². The zero-order valence-corrected chi connectivity index (χ0v) is 8.09. The third-order valence-electron chi connectivity index (χ3n) is 1.48. The summed E-state index contributed by atoms with van der Waals surface area (Å²) in [5, 5.41) is 0. The zero-order chi connectivity index (χ0) is 9.52. The van der Waals surface area contributed by atoms with Crippen molar-refractivity contribution in [3.63, 3.8) is 0 Å². The lowest BCUT2D eigenvalue weighted by Crippen LogP contribution is -2.10. The molecule has 0 saturated carbocycles. The van der Waals surface area contributed by atoms with Gasteiger partial charge in [0.25, 0.3) is 0 Å². The van der Waals surface area contributed by atoms with Crippen molar-refractivity contribution < 1.29 is 4.79 Å². The van der Waals surface area contributed by atoms with E-state index in [4.69, 9.17) is 5.73 Å². The van der Waals surface area contributed by atoms with Crippen LogP contribution in [0.2, 0.25) is 0 Å². The van der Waals surface area contributed by atoms with Gasteiger partial charge in [-0.3, -0.25) is 9.78 Å². The predicted molar refractivity (Wildman–Crippen MR) is 54.2 cm³/mol. The SMILES string of the molecule is NC(=O)CCSCc1cccnc1. The third-order valence-corrected chi connectivity index (χ3v) is 2.51. The summed E-state index contributed by atoms with van der Waals surface area (Å²) in [5.41, 5.74) is 6.19. The van der Waals surface area contributed by atoms with Gasteiger partial charge in [0, 0.05) is 30.3 Å². The number of rotatable bonds is 5. The summed E-state index contributed by atoms with van der Waals surface area (Å²) in [4.78, 5) is 14.4. The van der Waals surface area contributed by atoms with E-state index in [0.29, 0.717) is 6.42 Å². The van der Waals surface area contributed by atoms with E-state index in [2.05, 4.69) is 4.98 Å². The van der Waals surface area contributed by atoms with Crippen LogP contribution in [0.4, 0.5) is 0 Å². The van der Waals surface area contributed by atoms with E-state index in [1.54, 1.807) is 18.0 Å². The molecule has 0 spiro atoms. The summed E-state index contributed by atoms with van der Waals surface area (Å²) in [7, 11) is 0. The van der Waals surface area contributed by atoms with Gasteiger partial charge in [0.05, 0.1) is 0 Å². The highest BCUT2D eigenvalue weighted by atomic mass is 32.2. The van der Waals surface area contributed by atoms with Crippen molar-refractivity contribution in [1.82, 2.24) is 4.98 Å². The first-order chi connectivity index (χ1) is 6.29. The fraction of sp³-hybridized carbons (Fsp3) is 0.333. The average molecular weight is 196 g/mol. The number of hydrogen-bond donors (Lipinski definition) is 1. The third kappa shape index (κ3) is 4.52. The molecule has 1 aromatic rings. The molecule has 0 bridgehead atoms. The molecule has 0 aliphatic heterocycles. The van der Waals surface area contributed by atoms with Crippen molar-refractivity contribution in [3.05, 3.63) is 30.1 Å². The molecule has 1 aromatic heterocycles. The van der Waals surface area contributed by atoms with E-state index in [1.807, 2.05) is 18.3 Å². The van der Waals surface area contributed by atoms with Gasteiger partial charge in [-0.2, -0.15) is 11.8 Å². The lowest BCUT2D eigenvalue weighted by molar-refractivity contribution is -0.117. The van der Waals surface area contributed by atoms with Crippen molar-refractivity contribution >= 4 is 17.7 Å². The lowest BCUT2D eigenvalue weighted by Gasteiger charge is -1.98. The Balaban J connectivity index is 2.17. The standard InChI is InChI=1S/C9H12N2OS/c10-9(12)3-5-13-7-8-2-1-4-11-6-8/h1-2,4,6H,3,5,7H2,(H2,10,12). The van der Waals surface area contributed by atoms with Gasteiger partial charge in [0.1, 0.15) is 0 Å². The molecule has 0 fully saturated rings. The van der Waals surface area contributed by atoms with Crippen molar-refractivity contribution in [2.75, 3.05) is 5.75 Å². The van der Waals surface area contributed by atoms with Gasteiger partial charge in [-0.25, -0.2) is 0 Å². The van der Waals surface area contributed by atoms with Crippen LogP contribution in [-0.2, 0) is 10.5 Å². The quantitative estimate of drug-likeness (QED) is 0.720. The first-order valence-corrected chi connectivity index (χ1v) is 5.19. The number of pyridine rings is 1. The maximum atomic E-state index is 10.4. The molecule has 0 radical (unpaired) electrons. The number of nitrogens with two attached hydrogens (primary N) is 1. The molecule has 1 rings (SSSR count). The maximum Gasteiger partial charge on any atom is 0.218 e. The van der Waals surface area contributed by atoms with Crippen LogP contribution in [0.5, 0.6) is 0 Å². The minimum absolute atomic E-state index is 0.237. The van der Waals surface area contributed by atoms with Crippen LogP contribution in [-0.4, -0.2) is 16.6 Å². The molecule has 0 unspecified atom stereocenters. The summed E-state index contributed by atoms with van der Waals surface area (Å²) < 4.78 is 0. The van der Waals surface area contributed by atoms with Gasteiger partial charge in [-0.15, -0.1) is 0 Å². The fourth-order valence-corrected chi connectivity index (χ4v) is 1.74. The Morgan fingerprint density at radius 3 is 3.08 bits per heavy atom. The summed E-state index contributed by atoms with van der Waals surface area (Å²) in [5.74, 6) is 1.43. The number of thioether (sulfide) groups is 1. The molecule has 1 heterocycles. The first-order valence-electron chi connectivity index (χ1n) is 4.04. The van der Waals surface area contributed by atoms with Crippen molar-refractivity contribution in [3.8, 4) is 0 Å². The van der Waals surface area contributed by atoms with Gasteiger partial charge in [-0.1, -0.05) is 6.07 Å². The van der Waals surface area contributed by atoms with Crippen LogP contribution in [0.1, 0.15) is 12.0 Å². The Morgan fingerprint density at radius 1 is 1.62 bits per heavy atom. The average Bonchev–Trinajstić information content (AvgIpc) is 2.14. The van der Waals surface area contributed by atoms with Crippen LogP contribution in [0.25, 0.3) is 0 Å². The van der Waals surface area contributed by atoms with Crippen molar-refractivity contribution in [1.29, 1.82) is 0 Å². The molecular weight excluding hydrogens is 184 g/mol. The lowest BCUT2D eigenvalue weighted by atomic mass is 10.3. The fourth-order valence-electron chi connectivity index (χ4n) is 0.846. The molecule has 4 heteroatoms. The monoisotopic (exact) mass is 196 g/mol. The maximum absolute atomic E-state index is 10.4. The van der Waals surface area contributed by atoms with E-state index in [-0.39, 0.29) is 5.91 Å². The Labute approximate surface area is 81.7 Å². The number of aromatic nitrogens is 1. The number of amides is 1. The molecule has 0 atom stereocenters. The molecule has 70 valence electrons. The number of carbonyl (C=O) groups is 1. The molecule has 0 saturated heterocycles. The van der Waals surface area contributed by atoms with Crippen molar-refractivity contribution in [2.24, 2.45) is 5.73 Å². The topological polar surface area (TPSA) is 56.0 Å². The van der Waals surface area contributed by atoms with E-state index >= 15 is 0 Å². The number of carbonyl (C=O) groups excluding carboxylic acids is 1. The molecule has 2 N–H and O–H groups in total. The normalized spacial score (nSPS) is 9.85. The van der Waals surface area contributed by atoms with Crippen LogP contribution in [0.3, 0.4) is 0 Å². The van der Waals surface area contributed by atoms with Gasteiger partial charge in [0.15, 0.2) is 0 Å². The second-order valence-corrected chi connectivity index (χ2v) is 3.74. The zero-order valence-electron chi connectivity index (χ0n) is 7.27. The summed E-state index contributed by atoms with van der Waals surface area (Å²) in [6.07, 6.45) is 4.03. The molecular formula is C9H12N2OS. The Bertz CT molecular complexity index is 264. The van der Waals surface area contributed by atoms with Gasteiger partial charge < -0.3 is 5.73 Å². The highest BCUT2D eigenvalue weighted by Crippen LogP contribution is 2.11. The molecule has 1 amide bonds. The second kappa shape index (κ2) is 5.59. The Kier molecular flexibility index (Phi) is 4.32. The molecule has 13 heavy (non-hydrogen) atoms.